The third-order valence-corrected chi connectivity index (χ3v) is 3.46. The highest BCUT2D eigenvalue weighted by atomic mass is 16.5. The number of hydrogen-bond donors (Lipinski definition) is 0. The molecule has 2 nitrogen and oxygen atoms in total. The molecule has 0 spiro atoms. The molecule has 0 amide bonds. The van der Waals surface area contributed by atoms with E-state index in [4.69, 9.17) is 4.74 Å². The minimum atomic E-state index is -0.174. The van der Waals surface area contributed by atoms with Gasteiger partial charge in [-0.1, -0.05) is 26.3 Å². The Kier molecular flexibility index (Phi) is 4.57. The van der Waals surface area contributed by atoms with Crippen LogP contribution in [-0.2, 0) is 9.53 Å². The van der Waals surface area contributed by atoms with Gasteiger partial charge in [0.2, 0.25) is 0 Å². The summed E-state index contributed by atoms with van der Waals surface area (Å²) in [6, 6.07) is 0. The van der Waals surface area contributed by atoms with Crippen molar-refractivity contribution in [2.45, 2.75) is 53.4 Å². The molecule has 0 aromatic heterocycles. The van der Waals surface area contributed by atoms with E-state index in [2.05, 4.69) is 20.8 Å². The molecular weight excluding hydrogens is 200 g/mol. The van der Waals surface area contributed by atoms with Crippen LogP contribution in [0.3, 0.4) is 0 Å². The average Bonchev–Trinajstić information content (AvgIpc) is 2.17. The van der Waals surface area contributed by atoms with Gasteiger partial charge in [0.1, 0.15) is 0 Å². The van der Waals surface area contributed by atoms with Crippen LogP contribution in [0, 0.1) is 11.3 Å². The summed E-state index contributed by atoms with van der Waals surface area (Å²) in [6.07, 6.45) is 6.22. The molecule has 0 aromatic rings. The quantitative estimate of drug-likeness (QED) is 0.528. The fourth-order valence-corrected chi connectivity index (χ4v) is 2.35. The van der Waals surface area contributed by atoms with E-state index in [1.165, 1.54) is 18.4 Å². The molecule has 1 aliphatic carbocycles. The van der Waals surface area contributed by atoms with Gasteiger partial charge in [0.25, 0.3) is 0 Å². The molecule has 2 heteroatoms. The van der Waals surface area contributed by atoms with E-state index in [0.717, 1.165) is 18.8 Å². The van der Waals surface area contributed by atoms with Crippen LogP contribution in [0.4, 0.5) is 0 Å². The molecule has 0 aliphatic heterocycles. The minimum Gasteiger partial charge on any atom is -0.463 e. The van der Waals surface area contributed by atoms with Crippen LogP contribution in [-0.4, -0.2) is 12.6 Å². The lowest BCUT2D eigenvalue weighted by molar-refractivity contribution is -0.137. The summed E-state index contributed by atoms with van der Waals surface area (Å²) < 4.78 is 4.92. The maximum Gasteiger partial charge on any atom is 0.330 e. The van der Waals surface area contributed by atoms with Crippen molar-refractivity contribution in [2.75, 3.05) is 6.61 Å². The van der Waals surface area contributed by atoms with Gasteiger partial charge in [-0.05, 0) is 43.9 Å². The number of rotatable bonds is 2. The van der Waals surface area contributed by atoms with Crippen LogP contribution >= 0.6 is 0 Å². The molecule has 16 heavy (non-hydrogen) atoms. The van der Waals surface area contributed by atoms with E-state index in [1.54, 1.807) is 6.08 Å². The highest BCUT2D eigenvalue weighted by Crippen LogP contribution is 2.39. The van der Waals surface area contributed by atoms with E-state index in [0.29, 0.717) is 12.0 Å². The van der Waals surface area contributed by atoms with E-state index >= 15 is 0 Å². The van der Waals surface area contributed by atoms with Gasteiger partial charge < -0.3 is 4.74 Å². The molecule has 1 saturated carbocycles. The number of carbonyl (C=O) groups excluding carboxylic acids is 1. The lowest BCUT2D eigenvalue weighted by Gasteiger charge is -2.34. The maximum atomic E-state index is 11.3. The van der Waals surface area contributed by atoms with Gasteiger partial charge in [0.15, 0.2) is 0 Å². The lowest BCUT2D eigenvalue weighted by atomic mass is 9.71. The van der Waals surface area contributed by atoms with Crippen LogP contribution in [0.5, 0.6) is 0 Å². The predicted molar refractivity (Wildman–Crippen MR) is 66.1 cm³/mol. The Hall–Kier alpha value is -0.790. The number of hydrogen-bond acceptors (Lipinski definition) is 2. The highest BCUT2D eigenvalue weighted by molar-refractivity contribution is 5.82. The van der Waals surface area contributed by atoms with Crippen LogP contribution in [0.1, 0.15) is 53.4 Å². The molecule has 0 N–H and O–H groups in total. The monoisotopic (exact) mass is 224 g/mol. The summed E-state index contributed by atoms with van der Waals surface area (Å²) in [5.41, 5.74) is 1.66. The van der Waals surface area contributed by atoms with Gasteiger partial charge in [-0.15, -0.1) is 0 Å². The fourth-order valence-electron chi connectivity index (χ4n) is 2.35. The zero-order valence-electron chi connectivity index (χ0n) is 11.0. The molecule has 0 heterocycles. The van der Waals surface area contributed by atoms with E-state index in [9.17, 15) is 4.79 Å². The van der Waals surface area contributed by atoms with Gasteiger partial charge >= 0.3 is 5.97 Å². The van der Waals surface area contributed by atoms with Crippen molar-refractivity contribution in [3.63, 3.8) is 0 Å². The third-order valence-electron chi connectivity index (χ3n) is 3.46. The Morgan fingerprint density at radius 1 is 1.38 bits per heavy atom. The molecule has 0 bridgehead atoms. The van der Waals surface area contributed by atoms with Crippen molar-refractivity contribution in [3.8, 4) is 0 Å². The summed E-state index contributed by atoms with van der Waals surface area (Å²) in [5, 5.41) is 0. The Bertz CT molecular complexity index is 261. The Balaban J connectivity index is 2.46. The molecule has 0 radical (unpaired) electrons. The summed E-state index contributed by atoms with van der Waals surface area (Å²) in [6.45, 7) is 9.22. The SMILES string of the molecule is CCOC(=O)C=C1CCC(C(C)(C)C)CC1. The molecule has 1 rings (SSSR count). The highest BCUT2D eigenvalue weighted by Gasteiger charge is 2.27. The molecule has 0 unspecified atom stereocenters. The third kappa shape index (κ3) is 3.99. The summed E-state index contributed by atoms with van der Waals surface area (Å²) in [4.78, 5) is 11.3. The summed E-state index contributed by atoms with van der Waals surface area (Å²) >= 11 is 0. The van der Waals surface area contributed by atoms with E-state index in [1.807, 2.05) is 6.92 Å². The van der Waals surface area contributed by atoms with Crippen molar-refractivity contribution in [1.29, 1.82) is 0 Å². The van der Waals surface area contributed by atoms with Crippen LogP contribution in [0.2, 0.25) is 0 Å². The first-order chi connectivity index (χ1) is 7.43. The molecular formula is C14H24O2. The lowest BCUT2D eigenvalue weighted by Crippen LogP contribution is -2.23. The number of esters is 1. The maximum absolute atomic E-state index is 11.3. The van der Waals surface area contributed by atoms with E-state index in [-0.39, 0.29) is 5.97 Å². The smallest absolute Gasteiger partial charge is 0.330 e. The standard InChI is InChI=1S/C14H24O2/c1-5-16-13(15)10-11-6-8-12(9-7-11)14(2,3)4/h10,12H,5-9H2,1-4H3. The molecule has 0 aromatic carbocycles. The van der Waals surface area contributed by atoms with Gasteiger partial charge in [-0.3, -0.25) is 0 Å². The zero-order valence-corrected chi connectivity index (χ0v) is 11.0. The Morgan fingerprint density at radius 3 is 2.38 bits per heavy atom. The number of allylic oxidation sites excluding steroid dienone is 1. The number of ether oxygens (including phenoxy) is 1. The van der Waals surface area contributed by atoms with Crippen molar-refractivity contribution >= 4 is 5.97 Å². The predicted octanol–water partition coefficient (Wildman–Crippen LogP) is 3.71. The zero-order chi connectivity index (χ0) is 12.2. The van der Waals surface area contributed by atoms with Crippen LogP contribution < -0.4 is 0 Å². The average molecular weight is 224 g/mol. The topological polar surface area (TPSA) is 26.3 Å². The fraction of sp³-hybridized carbons (Fsp3) is 0.786. The van der Waals surface area contributed by atoms with Crippen LogP contribution in [0.25, 0.3) is 0 Å². The second-order valence-corrected chi connectivity index (χ2v) is 5.69. The molecule has 1 aliphatic rings. The molecule has 1 fully saturated rings. The molecule has 0 saturated heterocycles. The first-order valence-corrected chi connectivity index (χ1v) is 6.29. The Labute approximate surface area is 99.1 Å². The Morgan fingerprint density at radius 2 is 1.94 bits per heavy atom. The second-order valence-electron chi connectivity index (χ2n) is 5.69. The van der Waals surface area contributed by atoms with Gasteiger partial charge in [0.05, 0.1) is 6.61 Å². The van der Waals surface area contributed by atoms with E-state index < -0.39 is 0 Å². The largest absolute Gasteiger partial charge is 0.463 e. The molecule has 0 atom stereocenters. The number of carbonyl (C=O) groups is 1. The molecule has 92 valence electrons. The van der Waals surface area contributed by atoms with Crippen molar-refractivity contribution in [3.05, 3.63) is 11.6 Å². The van der Waals surface area contributed by atoms with Gasteiger partial charge in [-0.2, -0.15) is 0 Å². The summed E-state index contributed by atoms with van der Waals surface area (Å²) in [7, 11) is 0. The second kappa shape index (κ2) is 5.51. The van der Waals surface area contributed by atoms with Gasteiger partial charge in [0, 0.05) is 6.08 Å². The first kappa shape index (κ1) is 13.3. The first-order valence-electron chi connectivity index (χ1n) is 6.29. The van der Waals surface area contributed by atoms with Crippen molar-refractivity contribution in [1.82, 2.24) is 0 Å². The normalized spacial score (nSPS) is 21.8. The van der Waals surface area contributed by atoms with Crippen LogP contribution in [0.15, 0.2) is 11.6 Å². The van der Waals surface area contributed by atoms with Crippen molar-refractivity contribution in [2.24, 2.45) is 11.3 Å². The minimum absolute atomic E-state index is 0.174. The van der Waals surface area contributed by atoms with Gasteiger partial charge in [-0.25, -0.2) is 4.79 Å². The summed E-state index contributed by atoms with van der Waals surface area (Å²) in [5.74, 6) is 0.610. The van der Waals surface area contributed by atoms with Crippen molar-refractivity contribution < 1.29 is 9.53 Å².